The van der Waals surface area contributed by atoms with Gasteiger partial charge in [-0.3, -0.25) is 4.79 Å². The van der Waals surface area contributed by atoms with Crippen LogP contribution in [-0.4, -0.2) is 23.6 Å². The van der Waals surface area contributed by atoms with E-state index in [1.807, 2.05) is 24.3 Å². The number of ketones is 1. The highest BCUT2D eigenvalue weighted by molar-refractivity contribution is 7.99. The summed E-state index contributed by atoms with van der Waals surface area (Å²) >= 11 is 1.41. The molecule has 0 radical (unpaired) electrons. The predicted molar refractivity (Wildman–Crippen MR) is 117 cm³/mol. The van der Waals surface area contributed by atoms with Crippen LogP contribution < -0.4 is 0 Å². The standard InChI is InChI=1S/C24H26F3NO2S/c1-4-16-7-5-6-8-19(16)23-20(29)11-17(12-21(23)30-3)15(2)14-31-22-10-9-18(13-28-22)24(25,26)27/h5-10,13,15,17H,4,11-12,14H2,1-3H3. The Morgan fingerprint density at radius 2 is 1.94 bits per heavy atom. The number of ether oxygens (including phenoxy) is 1. The van der Waals surface area contributed by atoms with Crippen LogP contribution in [0, 0.1) is 11.8 Å². The maximum absolute atomic E-state index is 13.1. The lowest BCUT2D eigenvalue weighted by Gasteiger charge is -2.30. The third-order valence-electron chi connectivity index (χ3n) is 5.73. The molecular weight excluding hydrogens is 423 g/mol. The summed E-state index contributed by atoms with van der Waals surface area (Å²) in [7, 11) is 1.60. The fraction of sp³-hybridized carbons (Fsp3) is 0.417. The van der Waals surface area contributed by atoms with Crippen LogP contribution in [-0.2, 0) is 22.1 Å². The molecule has 166 valence electrons. The second-order valence-corrected chi connectivity index (χ2v) is 8.82. The van der Waals surface area contributed by atoms with Gasteiger partial charge in [0, 0.05) is 24.8 Å². The number of halogens is 3. The van der Waals surface area contributed by atoms with E-state index in [4.69, 9.17) is 4.74 Å². The minimum atomic E-state index is -4.39. The number of thioether (sulfide) groups is 1. The van der Waals surface area contributed by atoms with Gasteiger partial charge in [-0.25, -0.2) is 4.98 Å². The largest absolute Gasteiger partial charge is 0.500 e. The summed E-state index contributed by atoms with van der Waals surface area (Å²) < 4.78 is 43.7. The van der Waals surface area contributed by atoms with Crippen molar-refractivity contribution < 1.29 is 22.7 Å². The van der Waals surface area contributed by atoms with Crippen LogP contribution in [0.1, 0.15) is 43.4 Å². The summed E-state index contributed by atoms with van der Waals surface area (Å²) in [5.74, 6) is 1.74. The number of methoxy groups -OCH3 is 1. The molecule has 0 spiro atoms. The number of Topliss-reactive ketones (excluding diaryl/α,β-unsaturated/α-hetero) is 1. The molecule has 0 bridgehead atoms. The number of benzene rings is 1. The molecule has 1 aliphatic rings. The van der Waals surface area contributed by atoms with E-state index in [-0.39, 0.29) is 17.6 Å². The van der Waals surface area contributed by atoms with Crippen LogP contribution >= 0.6 is 11.8 Å². The van der Waals surface area contributed by atoms with Crippen LogP contribution in [0.15, 0.2) is 53.4 Å². The molecule has 2 unspecified atom stereocenters. The number of hydrogen-bond acceptors (Lipinski definition) is 4. The first-order valence-electron chi connectivity index (χ1n) is 10.3. The highest BCUT2D eigenvalue weighted by atomic mass is 32.2. The number of aromatic nitrogens is 1. The van der Waals surface area contributed by atoms with Gasteiger partial charge in [-0.2, -0.15) is 13.2 Å². The Kier molecular flexibility index (Phi) is 7.46. The molecule has 3 rings (SSSR count). The molecule has 1 aromatic carbocycles. The van der Waals surface area contributed by atoms with E-state index in [1.54, 1.807) is 7.11 Å². The van der Waals surface area contributed by atoms with Crippen molar-refractivity contribution in [3.63, 3.8) is 0 Å². The zero-order valence-corrected chi connectivity index (χ0v) is 18.6. The molecule has 1 aliphatic carbocycles. The van der Waals surface area contributed by atoms with Gasteiger partial charge >= 0.3 is 6.18 Å². The van der Waals surface area contributed by atoms with Gasteiger partial charge < -0.3 is 4.74 Å². The molecule has 0 fully saturated rings. The minimum Gasteiger partial charge on any atom is -0.500 e. The molecule has 0 saturated carbocycles. The first-order valence-corrected chi connectivity index (χ1v) is 11.3. The number of alkyl halides is 3. The lowest BCUT2D eigenvalue weighted by Crippen LogP contribution is -2.25. The van der Waals surface area contributed by atoms with E-state index in [0.717, 1.165) is 29.8 Å². The Labute approximate surface area is 185 Å². The number of carbonyl (C=O) groups excluding carboxylic acids is 1. The molecule has 0 N–H and O–H groups in total. The van der Waals surface area contributed by atoms with E-state index in [0.29, 0.717) is 35.0 Å². The van der Waals surface area contributed by atoms with Gasteiger partial charge in [0.05, 0.1) is 23.3 Å². The van der Waals surface area contributed by atoms with Crippen LogP contribution in [0.25, 0.3) is 5.57 Å². The van der Waals surface area contributed by atoms with E-state index in [9.17, 15) is 18.0 Å². The SMILES string of the molecule is CCc1ccccc1C1=C(OC)CC(C(C)CSc2ccc(C(F)(F)F)cn2)CC1=O. The first-order chi connectivity index (χ1) is 14.7. The van der Waals surface area contributed by atoms with Gasteiger partial charge in [0.15, 0.2) is 5.78 Å². The molecule has 1 heterocycles. The van der Waals surface area contributed by atoms with Gasteiger partial charge in [-0.15, -0.1) is 11.8 Å². The second kappa shape index (κ2) is 9.90. The van der Waals surface area contributed by atoms with E-state index in [2.05, 4.69) is 18.8 Å². The van der Waals surface area contributed by atoms with Crippen LogP contribution in [0.4, 0.5) is 13.2 Å². The van der Waals surface area contributed by atoms with Crippen molar-refractivity contribution in [3.05, 3.63) is 65.0 Å². The van der Waals surface area contributed by atoms with Crippen molar-refractivity contribution in [1.29, 1.82) is 0 Å². The maximum atomic E-state index is 13.1. The van der Waals surface area contributed by atoms with Gasteiger partial charge in [0.25, 0.3) is 0 Å². The molecule has 2 atom stereocenters. The number of nitrogens with zero attached hydrogens (tertiary/aromatic N) is 1. The molecular formula is C24H26F3NO2S. The van der Waals surface area contributed by atoms with Crippen molar-refractivity contribution in [3.8, 4) is 0 Å². The van der Waals surface area contributed by atoms with Crippen molar-refractivity contribution in [2.45, 2.75) is 44.3 Å². The zero-order chi connectivity index (χ0) is 22.6. The summed E-state index contributed by atoms with van der Waals surface area (Å²) in [6, 6.07) is 10.4. The van der Waals surface area contributed by atoms with E-state index < -0.39 is 11.7 Å². The van der Waals surface area contributed by atoms with Gasteiger partial charge in [-0.1, -0.05) is 38.1 Å². The summed E-state index contributed by atoms with van der Waals surface area (Å²) in [6.45, 7) is 4.13. The third kappa shape index (κ3) is 5.50. The average Bonchev–Trinajstić information content (AvgIpc) is 2.76. The molecule has 0 amide bonds. The lowest BCUT2D eigenvalue weighted by molar-refractivity contribution is -0.137. The Hall–Kier alpha value is -2.28. The fourth-order valence-corrected chi connectivity index (χ4v) is 4.85. The molecule has 2 aromatic rings. The Balaban J connectivity index is 1.71. The number of rotatable bonds is 7. The summed E-state index contributed by atoms with van der Waals surface area (Å²) in [6.07, 6.45) is -1.59. The second-order valence-electron chi connectivity index (χ2n) is 7.78. The normalized spacial score (nSPS) is 18.3. The summed E-state index contributed by atoms with van der Waals surface area (Å²) in [4.78, 5) is 17.0. The zero-order valence-electron chi connectivity index (χ0n) is 17.8. The maximum Gasteiger partial charge on any atom is 0.417 e. The highest BCUT2D eigenvalue weighted by Crippen LogP contribution is 2.39. The van der Waals surface area contributed by atoms with Crippen molar-refractivity contribution in [2.75, 3.05) is 12.9 Å². The van der Waals surface area contributed by atoms with Crippen LogP contribution in [0.5, 0.6) is 0 Å². The number of aryl methyl sites for hydroxylation is 1. The average molecular weight is 450 g/mol. The molecule has 0 aliphatic heterocycles. The van der Waals surface area contributed by atoms with Crippen LogP contribution in [0.3, 0.4) is 0 Å². The first kappa shape index (κ1) is 23.4. The van der Waals surface area contributed by atoms with Crippen molar-refractivity contribution in [1.82, 2.24) is 4.98 Å². The van der Waals surface area contributed by atoms with Gasteiger partial charge in [-0.05, 0) is 41.5 Å². The highest BCUT2D eigenvalue weighted by Gasteiger charge is 2.33. The minimum absolute atomic E-state index is 0.0819. The van der Waals surface area contributed by atoms with Gasteiger partial charge in [0.2, 0.25) is 0 Å². The van der Waals surface area contributed by atoms with Crippen molar-refractivity contribution >= 4 is 23.1 Å². The smallest absolute Gasteiger partial charge is 0.417 e. The summed E-state index contributed by atoms with van der Waals surface area (Å²) in [5, 5.41) is 0.544. The quantitative estimate of drug-likeness (QED) is 0.457. The Morgan fingerprint density at radius 3 is 2.55 bits per heavy atom. The Bertz CT molecular complexity index is 954. The number of allylic oxidation sites excluding steroid dienone is 2. The number of hydrogen-bond donors (Lipinski definition) is 0. The van der Waals surface area contributed by atoms with Gasteiger partial charge in [0.1, 0.15) is 5.76 Å². The molecule has 3 nitrogen and oxygen atoms in total. The lowest BCUT2D eigenvalue weighted by atomic mass is 9.78. The third-order valence-corrected chi connectivity index (χ3v) is 6.96. The molecule has 1 aromatic heterocycles. The molecule has 7 heteroatoms. The van der Waals surface area contributed by atoms with E-state index >= 15 is 0 Å². The summed E-state index contributed by atoms with van der Waals surface area (Å²) in [5.41, 5.74) is 2.00. The fourth-order valence-electron chi connectivity index (χ4n) is 3.86. The van der Waals surface area contributed by atoms with E-state index in [1.165, 1.54) is 17.8 Å². The predicted octanol–water partition coefficient (Wildman–Crippen LogP) is 6.43. The van der Waals surface area contributed by atoms with Crippen molar-refractivity contribution in [2.24, 2.45) is 11.8 Å². The molecule has 0 saturated heterocycles. The number of carbonyl (C=O) groups is 1. The number of pyridine rings is 1. The topological polar surface area (TPSA) is 39.2 Å². The monoisotopic (exact) mass is 449 g/mol. The van der Waals surface area contributed by atoms with Crippen LogP contribution in [0.2, 0.25) is 0 Å². The Morgan fingerprint density at radius 1 is 1.19 bits per heavy atom. The molecule has 31 heavy (non-hydrogen) atoms.